The van der Waals surface area contributed by atoms with Crippen molar-refractivity contribution in [3.8, 4) is 11.5 Å². The number of nitrogens with zero attached hydrogens (tertiary/aromatic N) is 3. The molecule has 2 heterocycles. The van der Waals surface area contributed by atoms with E-state index in [-0.39, 0.29) is 5.92 Å². The van der Waals surface area contributed by atoms with E-state index in [4.69, 9.17) is 4.42 Å². The van der Waals surface area contributed by atoms with E-state index in [1.165, 1.54) is 19.3 Å². The Balaban J connectivity index is 1.29. The van der Waals surface area contributed by atoms with E-state index in [2.05, 4.69) is 14.8 Å². The van der Waals surface area contributed by atoms with Crippen LogP contribution in [0.15, 0.2) is 41.0 Å². The molecule has 0 atom stereocenters. The van der Waals surface area contributed by atoms with Gasteiger partial charge in [0.25, 0.3) is 0 Å². The van der Waals surface area contributed by atoms with Crippen LogP contribution in [-0.2, 0) is 11.3 Å². The second-order valence-electron chi connectivity index (χ2n) is 7.45. The average molecular weight is 353 g/mol. The van der Waals surface area contributed by atoms with Gasteiger partial charge in [-0.25, -0.2) is 4.98 Å². The van der Waals surface area contributed by atoms with Gasteiger partial charge < -0.3 is 9.32 Å². The summed E-state index contributed by atoms with van der Waals surface area (Å²) in [6.07, 6.45) is 7.64. The van der Waals surface area contributed by atoms with Gasteiger partial charge in [-0.05, 0) is 25.0 Å². The van der Waals surface area contributed by atoms with Gasteiger partial charge in [-0.1, -0.05) is 37.5 Å². The van der Waals surface area contributed by atoms with Crippen LogP contribution in [0.25, 0.3) is 11.5 Å². The lowest BCUT2D eigenvalue weighted by Gasteiger charge is -2.36. The van der Waals surface area contributed by atoms with Gasteiger partial charge in [0.15, 0.2) is 0 Å². The average Bonchev–Trinajstić information content (AvgIpc) is 3.18. The van der Waals surface area contributed by atoms with Crippen molar-refractivity contribution in [2.24, 2.45) is 5.92 Å². The van der Waals surface area contributed by atoms with Crippen LogP contribution in [0.5, 0.6) is 0 Å². The highest BCUT2D eigenvalue weighted by molar-refractivity contribution is 5.79. The largest absolute Gasteiger partial charge is 0.444 e. The summed E-state index contributed by atoms with van der Waals surface area (Å²) in [4.78, 5) is 21.7. The number of rotatable bonds is 4. The molecule has 1 saturated heterocycles. The van der Waals surface area contributed by atoms with E-state index in [1.807, 2.05) is 30.3 Å². The Morgan fingerprint density at radius 1 is 1.04 bits per heavy atom. The molecular weight excluding hydrogens is 326 g/mol. The first-order chi connectivity index (χ1) is 12.8. The van der Waals surface area contributed by atoms with Crippen molar-refractivity contribution in [3.63, 3.8) is 0 Å². The minimum atomic E-state index is 0.277. The molecule has 0 unspecified atom stereocenters. The monoisotopic (exact) mass is 353 g/mol. The lowest BCUT2D eigenvalue weighted by atomic mass is 9.88. The number of amides is 1. The van der Waals surface area contributed by atoms with E-state index >= 15 is 0 Å². The molecule has 0 spiro atoms. The number of oxazole rings is 1. The maximum atomic E-state index is 12.7. The molecule has 2 aliphatic rings. The number of carbonyl (C=O) groups is 1. The van der Waals surface area contributed by atoms with Gasteiger partial charge in [-0.15, -0.1) is 0 Å². The SMILES string of the molecule is O=C(C1CCCCC1)N1CCN(Cc2coc(-c3ccccc3)n2)CC1. The Morgan fingerprint density at radius 3 is 2.50 bits per heavy atom. The van der Waals surface area contributed by atoms with Gasteiger partial charge in [0.2, 0.25) is 11.8 Å². The maximum Gasteiger partial charge on any atom is 0.226 e. The second-order valence-corrected chi connectivity index (χ2v) is 7.45. The van der Waals surface area contributed by atoms with Crippen LogP contribution in [0, 0.1) is 5.92 Å². The highest BCUT2D eigenvalue weighted by Crippen LogP contribution is 2.26. The Labute approximate surface area is 155 Å². The van der Waals surface area contributed by atoms with Crippen molar-refractivity contribution in [3.05, 3.63) is 42.3 Å². The van der Waals surface area contributed by atoms with E-state index in [1.54, 1.807) is 6.26 Å². The van der Waals surface area contributed by atoms with E-state index < -0.39 is 0 Å². The van der Waals surface area contributed by atoms with Crippen molar-refractivity contribution < 1.29 is 9.21 Å². The van der Waals surface area contributed by atoms with Gasteiger partial charge in [0.1, 0.15) is 6.26 Å². The second kappa shape index (κ2) is 8.04. The summed E-state index contributed by atoms with van der Waals surface area (Å²) in [5, 5.41) is 0. The van der Waals surface area contributed by atoms with E-state index in [9.17, 15) is 4.79 Å². The molecule has 1 aliphatic carbocycles. The predicted molar refractivity (Wildman–Crippen MR) is 100 cm³/mol. The molecule has 1 aliphatic heterocycles. The first-order valence-electron chi connectivity index (χ1n) is 9.80. The quantitative estimate of drug-likeness (QED) is 0.843. The fourth-order valence-electron chi connectivity index (χ4n) is 4.06. The van der Waals surface area contributed by atoms with Gasteiger partial charge in [-0.2, -0.15) is 0 Å². The molecule has 138 valence electrons. The number of benzene rings is 1. The van der Waals surface area contributed by atoms with Crippen LogP contribution < -0.4 is 0 Å². The fraction of sp³-hybridized carbons (Fsp3) is 0.524. The lowest BCUT2D eigenvalue weighted by Crippen LogP contribution is -2.50. The number of carbonyl (C=O) groups excluding carboxylic acids is 1. The standard InChI is InChI=1S/C21H27N3O2/c25-21(18-9-5-2-6-10-18)24-13-11-23(12-14-24)15-19-16-26-20(22-19)17-7-3-1-4-8-17/h1,3-4,7-8,16,18H,2,5-6,9-15H2. The molecule has 1 aromatic carbocycles. The van der Waals surface area contributed by atoms with Crippen LogP contribution >= 0.6 is 0 Å². The molecule has 0 bridgehead atoms. The summed E-state index contributed by atoms with van der Waals surface area (Å²) in [5.74, 6) is 1.34. The van der Waals surface area contributed by atoms with Crippen LogP contribution in [0.2, 0.25) is 0 Å². The predicted octanol–water partition coefficient (Wildman–Crippen LogP) is 3.57. The smallest absolute Gasteiger partial charge is 0.226 e. The summed E-state index contributed by atoms with van der Waals surface area (Å²) >= 11 is 0. The zero-order chi connectivity index (χ0) is 17.8. The number of piperazine rings is 1. The highest BCUT2D eigenvalue weighted by atomic mass is 16.3. The Morgan fingerprint density at radius 2 is 1.77 bits per heavy atom. The summed E-state index contributed by atoms with van der Waals surface area (Å²) in [6, 6.07) is 9.97. The molecule has 0 N–H and O–H groups in total. The molecular formula is C21H27N3O2. The molecule has 4 rings (SSSR count). The number of hydrogen-bond acceptors (Lipinski definition) is 4. The van der Waals surface area contributed by atoms with Crippen molar-refractivity contribution in [1.29, 1.82) is 0 Å². The van der Waals surface area contributed by atoms with Gasteiger partial charge in [0.05, 0.1) is 5.69 Å². The zero-order valence-corrected chi connectivity index (χ0v) is 15.3. The minimum absolute atomic E-state index is 0.277. The van der Waals surface area contributed by atoms with Crippen molar-refractivity contribution in [1.82, 2.24) is 14.8 Å². The highest BCUT2D eigenvalue weighted by Gasteiger charge is 2.28. The molecule has 5 nitrogen and oxygen atoms in total. The van der Waals surface area contributed by atoms with E-state index in [0.29, 0.717) is 11.8 Å². The number of aromatic nitrogens is 1. The molecule has 0 radical (unpaired) electrons. The third-order valence-electron chi connectivity index (χ3n) is 5.60. The van der Waals surface area contributed by atoms with Crippen molar-refractivity contribution in [2.75, 3.05) is 26.2 Å². The summed E-state index contributed by atoms with van der Waals surface area (Å²) < 4.78 is 5.63. The summed E-state index contributed by atoms with van der Waals surface area (Å²) in [7, 11) is 0. The van der Waals surface area contributed by atoms with Gasteiger partial charge in [0, 0.05) is 44.2 Å². The lowest BCUT2D eigenvalue weighted by molar-refractivity contribution is -0.138. The van der Waals surface area contributed by atoms with E-state index in [0.717, 1.165) is 56.8 Å². The molecule has 2 aromatic rings. The molecule has 2 fully saturated rings. The molecule has 1 amide bonds. The summed E-state index contributed by atoms with van der Waals surface area (Å²) in [5.41, 5.74) is 1.96. The topological polar surface area (TPSA) is 49.6 Å². The fourth-order valence-corrected chi connectivity index (χ4v) is 4.06. The van der Waals surface area contributed by atoms with Crippen LogP contribution in [0.1, 0.15) is 37.8 Å². The first-order valence-corrected chi connectivity index (χ1v) is 9.80. The normalized spacial score (nSPS) is 19.6. The molecule has 5 heteroatoms. The van der Waals surface area contributed by atoms with Crippen LogP contribution in [-0.4, -0.2) is 46.9 Å². The minimum Gasteiger partial charge on any atom is -0.444 e. The number of hydrogen-bond donors (Lipinski definition) is 0. The molecule has 26 heavy (non-hydrogen) atoms. The van der Waals surface area contributed by atoms with Crippen LogP contribution in [0.4, 0.5) is 0 Å². The Hall–Kier alpha value is -2.14. The van der Waals surface area contributed by atoms with Gasteiger partial charge >= 0.3 is 0 Å². The third-order valence-corrected chi connectivity index (χ3v) is 5.60. The summed E-state index contributed by atoms with van der Waals surface area (Å²) in [6.45, 7) is 4.26. The zero-order valence-electron chi connectivity index (χ0n) is 15.3. The third kappa shape index (κ3) is 3.98. The van der Waals surface area contributed by atoms with Crippen molar-refractivity contribution >= 4 is 5.91 Å². The first kappa shape index (κ1) is 17.3. The molecule has 1 saturated carbocycles. The molecule has 1 aromatic heterocycles. The maximum absolute atomic E-state index is 12.7. The Bertz CT molecular complexity index is 714. The van der Waals surface area contributed by atoms with Crippen molar-refractivity contribution in [2.45, 2.75) is 38.6 Å². The Kier molecular flexibility index (Phi) is 5.34. The van der Waals surface area contributed by atoms with Crippen LogP contribution in [0.3, 0.4) is 0 Å². The van der Waals surface area contributed by atoms with Gasteiger partial charge in [-0.3, -0.25) is 9.69 Å².